The van der Waals surface area contributed by atoms with Crippen molar-refractivity contribution in [3.8, 4) is 11.1 Å². The second-order valence-electron chi connectivity index (χ2n) is 5.21. The Hall–Kier alpha value is -2.94. The van der Waals surface area contributed by atoms with Gasteiger partial charge in [0.05, 0.1) is 0 Å². The van der Waals surface area contributed by atoms with Crippen LogP contribution in [0, 0.1) is 0 Å². The Kier molecular flexibility index (Phi) is 2.27. The van der Waals surface area contributed by atoms with Crippen molar-refractivity contribution in [2.45, 2.75) is 0 Å². The summed E-state index contributed by atoms with van der Waals surface area (Å²) < 4.78 is 0. The molecular formula is C18H13NO2. The monoisotopic (exact) mass is 275 g/mol. The summed E-state index contributed by atoms with van der Waals surface area (Å²) in [5.41, 5.74) is 9.96. The molecule has 102 valence electrons. The molecule has 0 amide bonds. The molecule has 3 aromatic carbocycles. The number of hydrogen-bond acceptors (Lipinski definition) is 3. The summed E-state index contributed by atoms with van der Waals surface area (Å²) in [4.78, 5) is 0. The van der Waals surface area contributed by atoms with Crippen LogP contribution in [0.15, 0.2) is 54.6 Å². The van der Waals surface area contributed by atoms with Crippen molar-refractivity contribution in [2.24, 2.45) is 0 Å². The SMILES string of the molecule is Nc1cccc(-c2cc3c(c4ccccc24)C(O)=C3O)c1. The molecule has 3 aromatic rings. The van der Waals surface area contributed by atoms with Crippen LogP contribution in [-0.4, -0.2) is 10.2 Å². The van der Waals surface area contributed by atoms with Gasteiger partial charge in [-0.25, -0.2) is 0 Å². The summed E-state index contributed by atoms with van der Waals surface area (Å²) in [6, 6.07) is 17.4. The van der Waals surface area contributed by atoms with Gasteiger partial charge in [-0.2, -0.15) is 0 Å². The fraction of sp³-hybridized carbons (Fsp3) is 0. The number of rotatable bonds is 1. The fourth-order valence-electron chi connectivity index (χ4n) is 2.95. The number of aliphatic hydroxyl groups is 2. The van der Waals surface area contributed by atoms with Crippen molar-refractivity contribution in [3.05, 3.63) is 65.7 Å². The van der Waals surface area contributed by atoms with Gasteiger partial charge in [-0.1, -0.05) is 36.4 Å². The Morgan fingerprint density at radius 1 is 0.714 bits per heavy atom. The number of nitrogens with two attached hydrogens (primary N) is 1. The lowest BCUT2D eigenvalue weighted by molar-refractivity contribution is 0.447. The van der Waals surface area contributed by atoms with Gasteiger partial charge in [0.15, 0.2) is 11.5 Å². The van der Waals surface area contributed by atoms with E-state index in [-0.39, 0.29) is 11.5 Å². The molecule has 0 aliphatic heterocycles. The van der Waals surface area contributed by atoms with E-state index in [1.165, 1.54) is 0 Å². The Bertz CT molecular complexity index is 926. The number of hydrogen-bond donors (Lipinski definition) is 3. The van der Waals surface area contributed by atoms with Crippen molar-refractivity contribution in [1.29, 1.82) is 0 Å². The van der Waals surface area contributed by atoms with Crippen molar-refractivity contribution in [3.63, 3.8) is 0 Å². The van der Waals surface area contributed by atoms with Gasteiger partial charge < -0.3 is 15.9 Å². The van der Waals surface area contributed by atoms with Gasteiger partial charge in [-0.3, -0.25) is 0 Å². The summed E-state index contributed by atoms with van der Waals surface area (Å²) in [5, 5.41) is 21.7. The lowest BCUT2D eigenvalue weighted by Gasteiger charge is -2.23. The molecule has 0 bridgehead atoms. The highest BCUT2D eigenvalue weighted by Crippen LogP contribution is 2.45. The third-order valence-electron chi connectivity index (χ3n) is 3.96. The van der Waals surface area contributed by atoms with Crippen molar-refractivity contribution < 1.29 is 10.2 Å². The van der Waals surface area contributed by atoms with Crippen LogP contribution < -0.4 is 5.73 Å². The maximum atomic E-state index is 9.88. The van der Waals surface area contributed by atoms with E-state index >= 15 is 0 Å². The average Bonchev–Trinajstić information content (AvgIpc) is 2.52. The minimum absolute atomic E-state index is 0.0275. The topological polar surface area (TPSA) is 66.5 Å². The smallest absolute Gasteiger partial charge is 0.166 e. The minimum Gasteiger partial charge on any atom is -0.504 e. The molecule has 4 rings (SSSR count). The summed E-state index contributed by atoms with van der Waals surface area (Å²) in [7, 11) is 0. The zero-order chi connectivity index (χ0) is 14.6. The predicted molar refractivity (Wildman–Crippen MR) is 85.9 cm³/mol. The summed E-state index contributed by atoms with van der Waals surface area (Å²) in [5.74, 6) is -0.0683. The van der Waals surface area contributed by atoms with E-state index in [0.717, 1.165) is 27.5 Å². The average molecular weight is 275 g/mol. The fourth-order valence-corrected chi connectivity index (χ4v) is 2.95. The first-order valence-electron chi connectivity index (χ1n) is 6.71. The number of aliphatic hydroxyl groups excluding tert-OH is 2. The van der Waals surface area contributed by atoms with Crippen LogP contribution in [0.4, 0.5) is 5.69 Å². The normalized spacial score (nSPS) is 13.1. The van der Waals surface area contributed by atoms with Crippen molar-refractivity contribution in [1.82, 2.24) is 0 Å². The van der Waals surface area contributed by atoms with Gasteiger partial charge in [-0.05, 0) is 40.1 Å². The van der Waals surface area contributed by atoms with Crippen LogP contribution in [0.5, 0.6) is 0 Å². The third kappa shape index (κ3) is 1.54. The Labute approximate surface area is 121 Å². The molecule has 3 heteroatoms. The van der Waals surface area contributed by atoms with Gasteiger partial charge >= 0.3 is 0 Å². The summed E-state index contributed by atoms with van der Waals surface area (Å²) >= 11 is 0. The number of benzene rings is 3. The van der Waals surface area contributed by atoms with Crippen LogP contribution in [0.3, 0.4) is 0 Å². The van der Waals surface area contributed by atoms with Gasteiger partial charge in [0.1, 0.15) is 0 Å². The Balaban J connectivity index is 2.09. The van der Waals surface area contributed by atoms with Crippen molar-refractivity contribution >= 4 is 28.0 Å². The highest BCUT2D eigenvalue weighted by Gasteiger charge is 2.29. The second-order valence-corrected chi connectivity index (χ2v) is 5.21. The molecule has 0 spiro atoms. The maximum Gasteiger partial charge on any atom is 0.166 e. The van der Waals surface area contributed by atoms with Crippen LogP contribution in [0.1, 0.15) is 11.1 Å². The highest BCUT2D eigenvalue weighted by atomic mass is 16.3. The van der Waals surface area contributed by atoms with E-state index in [2.05, 4.69) is 0 Å². The number of anilines is 1. The van der Waals surface area contributed by atoms with Crippen LogP contribution in [-0.2, 0) is 0 Å². The first-order valence-corrected chi connectivity index (χ1v) is 6.71. The van der Waals surface area contributed by atoms with Gasteiger partial charge in [0, 0.05) is 16.8 Å². The molecule has 0 saturated carbocycles. The zero-order valence-corrected chi connectivity index (χ0v) is 11.2. The second kappa shape index (κ2) is 4.03. The molecule has 0 unspecified atom stereocenters. The standard InChI is InChI=1S/C18H13NO2/c19-11-5-3-4-10(8-11)14-9-15-16(18(21)17(15)20)13-7-2-1-6-12(13)14/h1-9,20-21H,19H2. The molecule has 0 heterocycles. The molecule has 3 nitrogen and oxygen atoms in total. The van der Waals surface area contributed by atoms with E-state index in [4.69, 9.17) is 5.73 Å². The van der Waals surface area contributed by atoms with Gasteiger partial charge in [0.25, 0.3) is 0 Å². The summed E-state index contributed by atoms with van der Waals surface area (Å²) in [6.07, 6.45) is 0. The zero-order valence-electron chi connectivity index (χ0n) is 11.2. The van der Waals surface area contributed by atoms with Crippen LogP contribution in [0.25, 0.3) is 33.4 Å². The third-order valence-corrected chi connectivity index (χ3v) is 3.96. The highest BCUT2D eigenvalue weighted by molar-refractivity contribution is 6.13. The minimum atomic E-state index is -0.0408. The van der Waals surface area contributed by atoms with Gasteiger partial charge in [0.2, 0.25) is 0 Å². The van der Waals surface area contributed by atoms with E-state index in [9.17, 15) is 10.2 Å². The molecule has 21 heavy (non-hydrogen) atoms. The Morgan fingerprint density at radius 3 is 2.24 bits per heavy atom. The number of fused-ring (bicyclic) bond motifs is 3. The Morgan fingerprint density at radius 2 is 1.48 bits per heavy atom. The largest absolute Gasteiger partial charge is 0.504 e. The molecule has 0 fully saturated rings. The van der Waals surface area contributed by atoms with Gasteiger partial charge in [-0.15, -0.1) is 0 Å². The van der Waals surface area contributed by atoms with Crippen molar-refractivity contribution in [2.75, 3.05) is 5.73 Å². The van der Waals surface area contributed by atoms with E-state index in [0.29, 0.717) is 11.3 Å². The van der Waals surface area contributed by atoms with Crippen LogP contribution >= 0.6 is 0 Å². The molecule has 0 atom stereocenters. The quantitative estimate of drug-likeness (QED) is 0.578. The lowest BCUT2D eigenvalue weighted by Crippen LogP contribution is -2.07. The van der Waals surface area contributed by atoms with E-state index in [1.807, 2.05) is 54.6 Å². The molecule has 0 radical (unpaired) electrons. The lowest BCUT2D eigenvalue weighted by atomic mass is 9.84. The first kappa shape index (κ1) is 11.9. The van der Waals surface area contributed by atoms with E-state index in [1.54, 1.807) is 0 Å². The molecule has 0 saturated heterocycles. The molecule has 4 N–H and O–H groups in total. The maximum absolute atomic E-state index is 9.88. The molecule has 0 aromatic heterocycles. The number of nitrogen functional groups attached to an aromatic ring is 1. The summed E-state index contributed by atoms with van der Waals surface area (Å²) in [6.45, 7) is 0. The molecule has 1 aliphatic carbocycles. The first-order chi connectivity index (χ1) is 10.2. The molecule has 1 aliphatic rings. The predicted octanol–water partition coefficient (Wildman–Crippen LogP) is 4.34. The van der Waals surface area contributed by atoms with Crippen LogP contribution in [0.2, 0.25) is 0 Å². The van der Waals surface area contributed by atoms with E-state index < -0.39 is 0 Å². The molecular weight excluding hydrogens is 262 g/mol.